The Morgan fingerprint density at radius 3 is 1.55 bits per heavy atom. The largest absolute Gasteiger partial charge is 0.281 e. The van der Waals surface area contributed by atoms with Crippen molar-refractivity contribution in [1.29, 1.82) is 0 Å². The maximum Gasteiger partial charge on any atom is 0.222 e. The summed E-state index contributed by atoms with van der Waals surface area (Å²) in [5.41, 5.74) is 0.0405. The van der Waals surface area contributed by atoms with Gasteiger partial charge in [-0.05, 0) is 17.0 Å². The van der Waals surface area contributed by atoms with Crippen LogP contribution in [0.5, 0.6) is 0 Å². The van der Waals surface area contributed by atoms with E-state index in [-0.39, 0.29) is 16.0 Å². The first-order valence-electron chi connectivity index (χ1n) is 3.13. The summed E-state index contributed by atoms with van der Waals surface area (Å²) in [6.07, 6.45) is 0.453. The molecule has 0 aromatic carbocycles. The van der Waals surface area contributed by atoms with Crippen molar-refractivity contribution in [2.45, 2.75) is 27.2 Å². The average molecular weight is 220 g/mol. The molecule has 0 N–H and O–H groups in total. The van der Waals surface area contributed by atoms with E-state index < -0.39 is 0 Å². The van der Waals surface area contributed by atoms with Gasteiger partial charge in [0.1, 0.15) is 0 Å². The average Bonchev–Trinajstić information content (AvgIpc) is 1.57. The molecule has 0 heterocycles. The first kappa shape index (κ1) is 14.1. The van der Waals surface area contributed by atoms with Gasteiger partial charge >= 0.3 is 0 Å². The monoisotopic (exact) mass is 218 g/mol. The third-order valence-corrected chi connectivity index (χ3v) is 0.803. The van der Waals surface area contributed by atoms with Gasteiger partial charge < -0.3 is 0 Å². The summed E-state index contributed by atoms with van der Waals surface area (Å²) in [6, 6.07) is 0. The van der Waals surface area contributed by atoms with Crippen LogP contribution in [0.4, 0.5) is 0 Å². The lowest BCUT2D eigenvalue weighted by atomic mass is 9.93. The summed E-state index contributed by atoms with van der Waals surface area (Å²) >= 11 is 14.7. The predicted octanol–water partition coefficient (Wildman–Crippen LogP) is 3.61. The Labute approximate surface area is 83.0 Å². The molecule has 0 aromatic rings. The molecule has 0 amide bonds. The van der Waals surface area contributed by atoms with Crippen molar-refractivity contribution < 1.29 is 4.79 Å². The van der Waals surface area contributed by atoms with Crippen LogP contribution in [-0.2, 0) is 4.79 Å². The Bertz CT molecular complexity index is 107. The van der Waals surface area contributed by atoms with Crippen LogP contribution >= 0.6 is 34.8 Å². The Balaban J connectivity index is 0. The molecular formula is C7H13Cl3O. The van der Waals surface area contributed by atoms with Gasteiger partial charge in [-0.2, -0.15) is 0 Å². The van der Waals surface area contributed by atoms with Crippen molar-refractivity contribution in [3.63, 3.8) is 0 Å². The van der Waals surface area contributed by atoms with E-state index in [1.54, 1.807) is 0 Å². The van der Waals surface area contributed by atoms with E-state index in [1.807, 2.05) is 20.8 Å². The van der Waals surface area contributed by atoms with E-state index in [0.29, 0.717) is 6.42 Å². The van der Waals surface area contributed by atoms with Crippen molar-refractivity contribution in [2.24, 2.45) is 5.41 Å². The van der Waals surface area contributed by atoms with Crippen LogP contribution in [0.2, 0.25) is 0 Å². The van der Waals surface area contributed by atoms with E-state index in [1.165, 1.54) is 0 Å². The predicted molar refractivity (Wildman–Crippen MR) is 51.5 cm³/mol. The molecule has 0 radical (unpaired) electrons. The van der Waals surface area contributed by atoms with Crippen molar-refractivity contribution in [3.8, 4) is 0 Å². The van der Waals surface area contributed by atoms with Crippen molar-refractivity contribution in [2.75, 3.05) is 5.34 Å². The molecule has 0 aliphatic rings. The van der Waals surface area contributed by atoms with Gasteiger partial charge in [-0.15, -0.1) is 23.2 Å². The van der Waals surface area contributed by atoms with Gasteiger partial charge in [0.25, 0.3) is 0 Å². The summed E-state index contributed by atoms with van der Waals surface area (Å²) in [5.74, 6) is 0. The number of hydrogen-bond acceptors (Lipinski definition) is 1. The molecule has 0 aromatic heterocycles. The van der Waals surface area contributed by atoms with Crippen LogP contribution in [0.15, 0.2) is 0 Å². The zero-order chi connectivity index (χ0) is 9.49. The van der Waals surface area contributed by atoms with Crippen LogP contribution in [0.3, 0.4) is 0 Å². The maximum atomic E-state index is 10.2. The Hall–Kier alpha value is 0.540. The highest BCUT2D eigenvalue weighted by molar-refractivity contribution is 6.63. The van der Waals surface area contributed by atoms with Gasteiger partial charge in [0.2, 0.25) is 5.24 Å². The number of hydrogen-bond donors (Lipinski definition) is 0. The fraction of sp³-hybridized carbons (Fsp3) is 0.857. The Morgan fingerprint density at radius 2 is 1.55 bits per heavy atom. The summed E-state index contributed by atoms with van der Waals surface area (Å²) < 4.78 is 0. The number of carbonyl (C=O) groups is 1. The number of rotatable bonds is 1. The number of halogens is 3. The second-order valence-electron chi connectivity index (χ2n) is 3.19. The highest BCUT2D eigenvalue weighted by Crippen LogP contribution is 2.19. The van der Waals surface area contributed by atoms with Crippen molar-refractivity contribution in [3.05, 3.63) is 0 Å². The molecule has 1 nitrogen and oxygen atoms in total. The molecule has 0 rings (SSSR count). The molecule has 0 spiro atoms. The smallest absolute Gasteiger partial charge is 0.222 e. The number of carbonyl (C=O) groups excluding carboxylic acids is 1. The number of alkyl halides is 2. The molecule has 68 valence electrons. The van der Waals surface area contributed by atoms with Gasteiger partial charge in [0, 0.05) is 6.42 Å². The quantitative estimate of drug-likeness (QED) is 0.486. The molecule has 0 aliphatic heterocycles. The fourth-order valence-electron chi connectivity index (χ4n) is 0.417. The molecule has 0 bridgehead atoms. The zero-order valence-corrected chi connectivity index (χ0v) is 9.22. The lowest BCUT2D eigenvalue weighted by molar-refractivity contribution is -0.113. The third-order valence-electron chi connectivity index (χ3n) is 0.669. The minimum atomic E-state index is -0.252. The summed E-state index contributed by atoms with van der Waals surface area (Å²) in [6.45, 7) is 5.94. The van der Waals surface area contributed by atoms with Crippen LogP contribution in [0, 0.1) is 5.41 Å². The van der Waals surface area contributed by atoms with Crippen molar-refractivity contribution >= 4 is 40.0 Å². The van der Waals surface area contributed by atoms with Crippen LogP contribution in [0.25, 0.3) is 0 Å². The normalized spacial score (nSPS) is 10.0. The van der Waals surface area contributed by atoms with E-state index in [9.17, 15) is 4.79 Å². The molecule has 11 heavy (non-hydrogen) atoms. The SMILES string of the molecule is CC(C)(C)CC(=O)Cl.ClCCl. The second-order valence-corrected chi connectivity index (χ2v) is 4.42. The molecule has 4 heteroatoms. The van der Waals surface area contributed by atoms with Crippen LogP contribution in [0.1, 0.15) is 27.2 Å². The van der Waals surface area contributed by atoms with Crippen molar-refractivity contribution in [1.82, 2.24) is 0 Å². The van der Waals surface area contributed by atoms with E-state index in [2.05, 4.69) is 0 Å². The van der Waals surface area contributed by atoms with E-state index in [4.69, 9.17) is 34.8 Å². The van der Waals surface area contributed by atoms with Gasteiger partial charge in [-0.3, -0.25) is 4.79 Å². The Morgan fingerprint density at radius 1 is 1.27 bits per heavy atom. The van der Waals surface area contributed by atoms with Gasteiger partial charge in [0.15, 0.2) is 0 Å². The van der Waals surface area contributed by atoms with Gasteiger partial charge in [-0.25, -0.2) is 0 Å². The molecule has 0 fully saturated rings. The summed E-state index contributed by atoms with van der Waals surface area (Å²) in [7, 11) is 0. The Kier molecular flexibility index (Phi) is 9.22. The molecule has 0 saturated heterocycles. The van der Waals surface area contributed by atoms with Crippen LogP contribution in [-0.4, -0.2) is 10.6 Å². The summed E-state index contributed by atoms with van der Waals surface area (Å²) in [4.78, 5) is 10.2. The second kappa shape index (κ2) is 7.20. The standard InChI is InChI=1S/C6H11ClO.CH2Cl2/c1-6(2,3)4-5(7)8;2-1-3/h4H2,1-3H3;1H2. The lowest BCUT2D eigenvalue weighted by Crippen LogP contribution is -2.08. The lowest BCUT2D eigenvalue weighted by Gasteiger charge is -2.13. The van der Waals surface area contributed by atoms with E-state index >= 15 is 0 Å². The van der Waals surface area contributed by atoms with E-state index in [0.717, 1.165) is 0 Å². The fourth-order valence-corrected chi connectivity index (χ4v) is 0.818. The topological polar surface area (TPSA) is 17.1 Å². The van der Waals surface area contributed by atoms with Crippen LogP contribution < -0.4 is 0 Å². The highest BCUT2D eigenvalue weighted by atomic mass is 35.5. The first-order valence-corrected chi connectivity index (χ1v) is 4.58. The third kappa shape index (κ3) is 25.0. The maximum absolute atomic E-state index is 10.2. The molecule has 0 unspecified atom stereocenters. The minimum absolute atomic E-state index is 0.0405. The first-order chi connectivity index (χ1) is 4.83. The molecule has 0 saturated carbocycles. The molecule has 0 atom stereocenters. The summed E-state index contributed by atoms with van der Waals surface area (Å²) in [5, 5.41) is -0.0579. The molecular weight excluding hydrogens is 206 g/mol. The van der Waals surface area contributed by atoms with Gasteiger partial charge in [-0.1, -0.05) is 20.8 Å². The van der Waals surface area contributed by atoms with Gasteiger partial charge in [0.05, 0.1) is 5.34 Å². The highest BCUT2D eigenvalue weighted by Gasteiger charge is 2.13. The zero-order valence-electron chi connectivity index (χ0n) is 6.96. The minimum Gasteiger partial charge on any atom is -0.281 e. The molecule has 0 aliphatic carbocycles.